The fourth-order valence-corrected chi connectivity index (χ4v) is 6.45. The lowest BCUT2D eigenvalue weighted by Crippen LogP contribution is -2.41. The number of amides is 1. The standard InChI is InChI=1S/C26H33F3N4O4S/c1-23(2,3)16-38(36,37)20-7-5-6-19(31-20)32-22(34)17-8-9-18(24(4,35)26(27,28)29)30-21(17)33-14-12-25(10-11-25)13-15-33/h5-9,35H,10-16H2,1-4H3,(H,31,32,34)/t24-/m0/s1. The number of sulfone groups is 1. The van der Waals surface area contributed by atoms with Crippen LogP contribution in [-0.2, 0) is 15.4 Å². The highest BCUT2D eigenvalue weighted by Crippen LogP contribution is 2.54. The number of halogens is 3. The van der Waals surface area contributed by atoms with Crippen LogP contribution in [0.4, 0.5) is 24.8 Å². The average Bonchev–Trinajstić information content (AvgIpc) is 3.55. The van der Waals surface area contributed by atoms with Gasteiger partial charge in [0.1, 0.15) is 11.6 Å². The zero-order valence-electron chi connectivity index (χ0n) is 21.9. The molecule has 3 heterocycles. The number of nitrogens with zero attached hydrogens (tertiary/aromatic N) is 3. The molecule has 12 heteroatoms. The maximum Gasteiger partial charge on any atom is 0.422 e. The molecule has 1 aliphatic heterocycles. The third-order valence-corrected chi connectivity index (χ3v) is 9.27. The molecule has 2 aromatic heterocycles. The van der Waals surface area contributed by atoms with Gasteiger partial charge in [-0.05, 0) is 67.7 Å². The highest BCUT2D eigenvalue weighted by atomic mass is 32.2. The molecule has 0 bridgehead atoms. The number of hydrogen-bond donors (Lipinski definition) is 2. The normalized spacial score (nSPS) is 19.2. The quantitative estimate of drug-likeness (QED) is 0.532. The highest BCUT2D eigenvalue weighted by Gasteiger charge is 2.53. The molecule has 208 valence electrons. The highest BCUT2D eigenvalue weighted by molar-refractivity contribution is 7.91. The molecule has 38 heavy (non-hydrogen) atoms. The van der Waals surface area contributed by atoms with Gasteiger partial charge in [-0.1, -0.05) is 26.8 Å². The summed E-state index contributed by atoms with van der Waals surface area (Å²) in [6.07, 6.45) is -1.06. The summed E-state index contributed by atoms with van der Waals surface area (Å²) in [5, 5.41) is 12.6. The molecule has 2 aliphatic rings. The molecule has 1 amide bonds. The van der Waals surface area contributed by atoms with Gasteiger partial charge in [-0.15, -0.1) is 0 Å². The molecule has 1 saturated carbocycles. The van der Waals surface area contributed by atoms with Gasteiger partial charge in [0.2, 0.25) is 0 Å². The number of alkyl halides is 3. The first-order valence-corrected chi connectivity index (χ1v) is 14.1. The van der Waals surface area contributed by atoms with Crippen LogP contribution in [0.1, 0.15) is 69.4 Å². The minimum atomic E-state index is -4.97. The van der Waals surface area contributed by atoms with Crippen molar-refractivity contribution < 1.29 is 31.5 Å². The summed E-state index contributed by atoms with van der Waals surface area (Å²) in [4.78, 5) is 23.3. The Labute approximate surface area is 220 Å². The molecule has 0 radical (unpaired) electrons. The van der Waals surface area contributed by atoms with Crippen molar-refractivity contribution in [2.45, 2.75) is 70.2 Å². The van der Waals surface area contributed by atoms with E-state index >= 15 is 0 Å². The fraction of sp³-hybridized carbons (Fsp3) is 0.577. The van der Waals surface area contributed by atoms with Gasteiger partial charge in [0.25, 0.3) is 5.91 Å². The number of piperidine rings is 1. The van der Waals surface area contributed by atoms with Crippen molar-refractivity contribution in [1.82, 2.24) is 9.97 Å². The van der Waals surface area contributed by atoms with E-state index in [0.29, 0.717) is 20.0 Å². The molecule has 1 aliphatic carbocycles. The SMILES string of the molecule is CC(C)(C)CS(=O)(=O)c1cccc(NC(=O)c2ccc([C@](C)(O)C(F)(F)F)nc2N2CCC3(CC2)CC3)n1. The Morgan fingerprint density at radius 2 is 1.66 bits per heavy atom. The smallest absolute Gasteiger partial charge is 0.375 e. The maximum absolute atomic E-state index is 13.5. The third-order valence-electron chi connectivity index (χ3n) is 7.16. The van der Waals surface area contributed by atoms with Crippen LogP contribution in [-0.4, -0.2) is 54.4 Å². The average molecular weight is 555 g/mol. The predicted molar refractivity (Wildman–Crippen MR) is 137 cm³/mol. The second-order valence-corrected chi connectivity index (χ2v) is 13.7. The van der Waals surface area contributed by atoms with Gasteiger partial charge in [-0.2, -0.15) is 13.2 Å². The fourth-order valence-electron chi connectivity index (χ4n) is 4.64. The largest absolute Gasteiger partial charge is 0.422 e. The van der Waals surface area contributed by atoms with Crippen LogP contribution in [0.15, 0.2) is 35.4 Å². The van der Waals surface area contributed by atoms with Crippen LogP contribution in [0.2, 0.25) is 0 Å². The first-order chi connectivity index (χ1) is 17.4. The number of aliphatic hydroxyl groups is 1. The summed E-state index contributed by atoms with van der Waals surface area (Å²) in [6.45, 7) is 7.03. The summed E-state index contributed by atoms with van der Waals surface area (Å²) in [5.41, 5.74) is -4.05. The molecule has 4 rings (SSSR count). The molecular formula is C26H33F3N4O4S. The van der Waals surface area contributed by atoms with Gasteiger partial charge in [-0.3, -0.25) is 4.79 Å². The number of nitrogens with one attached hydrogen (secondary N) is 1. The van der Waals surface area contributed by atoms with Gasteiger partial charge in [0, 0.05) is 13.1 Å². The van der Waals surface area contributed by atoms with Crippen molar-refractivity contribution in [3.63, 3.8) is 0 Å². The van der Waals surface area contributed by atoms with Crippen LogP contribution in [0.5, 0.6) is 0 Å². The molecule has 0 unspecified atom stereocenters. The van der Waals surface area contributed by atoms with E-state index in [0.717, 1.165) is 31.7 Å². The van der Waals surface area contributed by atoms with Gasteiger partial charge in [0.15, 0.2) is 20.5 Å². The van der Waals surface area contributed by atoms with Crippen LogP contribution in [0.25, 0.3) is 0 Å². The topological polar surface area (TPSA) is 112 Å². The molecule has 2 aromatic rings. The summed E-state index contributed by atoms with van der Waals surface area (Å²) in [7, 11) is -3.72. The first kappa shape index (κ1) is 28.3. The Morgan fingerprint density at radius 1 is 1.03 bits per heavy atom. The minimum Gasteiger partial charge on any atom is -0.375 e. The van der Waals surface area contributed by atoms with Crippen LogP contribution in [0, 0.1) is 10.8 Å². The van der Waals surface area contributed by atoms with E-state index in [4.69, 9.17) is 0 Å². The number of carbonyl (C=O) groups is 1. The first-order valence-electron chi connectivity index (χ1n) is 12.5. The van der Waals surface area contributed by atoms with E-state index < -0.39 is 38.6 Å². The second-order valence-electron chi connectivity index (χ2n) is 11.8. The summed E-state index contributed by atoms with van der Waals surface area (Å²) in [5.74, 6) is -0.820. The van der Waals surface area contributed by atoms with E-state index in [-0.39, 0.29) is 33.4 Å². The van der Waals surface area contributed by atoms with E-state index in [1.165, 1.54) is 24.3 Å². The van der Waals surface area contributed by atoms with Gasteiger partial charge in [-0.25, -0.2) is 18.4 Å². The molecule has 2 N–H and O–H groups in total. The van der Waals surface area contributed by atoms with E-state index in [9.17, 15) is 31.5 Å². The molecular weight excluding hydrogens is 521 g/mol. The molecule has 1 saturated heterocycles. The van der Waals surface area contributed by atoms with Crippen LogP contribution in [0.3, 0.4) is 0 Å². The number of rotatable bonds is 6. The Balaban J connectivity index is 1.65. The minimum absolute atomic E-state index is 0.00298. The van der Waals surface area contributed by atoms with E-state index in [1.807, 2.05) is 0 Å². The molecule has 0 aromatic carbocycles. The van der Waals surface area contributed by atoms with E-state index in [1.54, 1.807) is 25.7 Å². The lowest BCUT2D eigenvalue weighted by atomic mass is 9.93. The lowest BCUT2D eigenvalue weighted by molar-refractivity contribution is -0.260. The Kier molecular flexibility index (Phi) is 7.05. The van der Waals surface area contributed by atoms with Gasteiger partial charge < -0.3 is 15.3 Å². The number of pyridine rings is 2. The van der Waals surface area contributed by atoms with Crippen molar-refractivity contribution in [1.29, 1.82) is 0 Å². The molecule has 2 fully saturated rings. The van der Waals surface area contributed by atoms with Crippen LogP contribution < -0.4 is 10.2 Å². The van der Waals surface area contributed by atoms with Crippen molar-refractivity contribution in [3.05, 3.63) is 41.6 Å². The van der Waals surface area contributed by atoms with Crippen LogP contribution >= 0.6 is 0 Å². The number of hydrogen-bond acceptors (Lipinski definition) is 7. The van der Waals surface area contributed by atoms with Crippen molar-refractivity contribution >= 4 is 27.4 Å². The Hall–Kier alpha value is -2.73. The summed E-state index contributed by atoms with van der Waals surface area (Å²) < 4.78 is 66.2. The zero-order chi connectivity index (χ0) is 28.1. The lowest BCUT2D eigenvalue weighted by Gasteiger charge is -2.35. The van der Waals surface area contributed by atoms with Gasteiger partial charge >= 0.3 is 6.18 Å². The van der Waals surface area contributed by atoms with E-state index in [2.05, 4.69) is 15.3 Å². The van der Waals surface area contributed by atoms with Crippen molar-refractivity contribution in [3.8, 4) is 0 Å². The molecule has 8 nitrogen and oxygen atoms in total. The molecule has 1 atom stereocenters. The number of carbonyl (C=O) groups excluding carboxylic acids is 1. The zero-order valence-corrected chi connectivity index (χ0v) is 22.7. The Morgan fingerprint density at radius 3 is 2.21 bits per heavy atom. The number of anilines is 2. The number of aromatic nitrogens is 2. The third kappa shape index (κ3) is 5.96. The molecule has 1 spiro atoms. The Bertz CT molecular complexity index is 1320. The maximum atomic E-state index is 13.5. The van der Waals surface area contributed by atoms with Crippen molar-refractivity contribution in [2.75, 3.05) is 29.1 Å². The van der Waals surface area contributed by atoms with Gasteiger partial charge in [0.05, 0.1) is 17.0 Å². The summed E-state index contributed by atoms with van der Waals surface area (Å²) >= 11 is 0. The predicted octanol–water partition coefficient (Wildman–Crippen LogP) is 4.70. The second kappa shape index (κ2) is 9.48. The summed E-state index contributed by atoms with van der Waals surface area (Å²) in [6, 6.07) is 6.42. The monoisotopic (exact) mass is 554 g/mol. The van der Waals surface area contributed by atoms with Crippen molar-refractivity contribution in [2.24, 2.45) is 10.8 Å².